The van der Waals surface area contributed by atoms with Crippen LogP contribution in [0.2, 0.25) is 5.02 Å². The van der Waals surface area contributed by atoms with Crippen molar-refractivity contribution in [2.75, 3.05) is 42.6 Å². The Morgan fingerprint density at radius 2 is 2.19 bits per heavy atom. The molecule has 3 rings (SSSR count). The minimum atomic E-state index is 0. The van der Waals surface area contributed by atoms with E-state index in [-0.39, 0.29) is 24.0 Å². The van der Waals surface area contributed by atoms with Gasteiger partial charge in [0, 0.05) is 38.4 Å². The lowest BCUT2D eigenvalue weighted by molar-refractivity contribution is 0.500. The van der Waals surface area contributed by atoms with Crippen LogP contribution in [0.15, 0.2) is 23.3 Å². The second-order valence-corrected chi connectivity index (χ2v) is 8.29. The zero-order valence-corrected chi connectivity index (χ0v) is 19.2. The third-order valence-electron chi connectivity index (χ3n) is 4.76. The fourth-order valence-electron chi connectivity index (χ4n) is 3.34. The summed E-state index contributed by atoms with van der Waals surface area (Å²) in [4.78, 5) is 11.5. The molecule has 1 aromatic heterocycles. The Kier molecular flexibility index (Phi) is 9.63. The number of thioether (sulfide) groups is 1. The maximum absolute atomic E-state index is 6.28. The first-order valence-electron chi connectivity index (χ1n) is 9.24. The molecule has 0 aromatic carbocycles. The van der Waals surface area contributed by atoms with E-state index in [9.17, 15) is 0 Å². The van der Waals surface area contributed by atoms with Crippen molar-refractivity contribution in [3.05, 3.63) is 23.4 Å². The molecule has 0 saturated carbocycles. The highest BCUT2D eigenvalue weighted by Crippen LogP contribution is 2.26. The van der Waals surface area contributed by atoms with E-state index < -0.39 is 0 Å². The van der Waals surface area contributed by atoms with E-state index in [1.807, 2.05) is 12.1 Å². The van der Waals surface area contributed by atoms with Gasteiger partial charge in [-0.3, -0.25) is 4.99 Å². The van der Waals surface area contributed by atoms with Crippen molar-refractivity contribution in [2.45, 2.75) is 32.2 Å². The molecule has 3 heterocycles. The molecule has 5 nitrogen and oxygen atoms in total. The number of aliphatic imine (C=N–C) groups is 1. The smallest absolute Gasteiger partial charge is 0.191 e. The minimum Gasteiger partial charge on any atom is -0.357 e. The van der Waals surface area contributed by atoms with Crippen molar-refractivity contribution < 1.29 is 0 Å². The van der Waals surface area contributed by atoms with E-state index in [4.69, 9.17) is 16.6 Å². The highest BCUT2D eigenvalue weighted by atomic mass is 127. The summed E-state index contributed by atoms with van der Waals surface area (Å²) in [5, 5.41) is 7.71. The Morgan fingerprint density at radius 1 is 1.38 bits per heavy atom. The van der Waals surface area contributed by atoms with E-state index in [1.54, 1.807) is 6.20 Å². The van der Waals surface area contributed by atoms with Crippen LogP contribution in [0.5, 0.6) is 0 Å². The summed E-state index contributed by atoms with van der Waals surface area (Å²) in [6.45, 7) is 5.80. The first-order valence-corrected chi connectivity index (χ1v) is 10.8. The highest BCUT2D eigenvalue weighted by Gasteiger charge is 2.25. The van der Waals surface area contributed by atoms with Crippen LogP contribution in [-0.2, 0) is 0 Å². The zero-order valence-electron chi connectivity index (χ0n) is 15.3. The van der Waals surface area contributed by atoms with Crippen LogP contribution < -0.4 is 15.5 Å². The topological polar surface area (TPSA) is 52.6 Å². The average Bonchev–Trinajstić information content (AvgIpc) is 3.09. The molecule has 1 unspecified atom stereocenters. The van der Waals surface area contributed by atoms with Crippen LogP contribution in [-0.4, -0.2) is 54.7 Å². The molecule has 2 fully saturated rings. The predicted octanol–water partition coefficient (Wildman–Crippen LogP) is 3.63. The molecule has 8 heteroatoms. The predicted molar refractivity (Wildman–Crippen MR) is 124 cm³/mol. The number of pyridine rings is 1. The molecule has 2 saturated heterocycles. The molecule has 0 radical (unpaired) electrons. The lowest BCUT2D eigenvalue weighted by Crippen LogP contribution is -2.45. The first-order chi connectivity index (χ1) is 12.3. The average molecular weight is 510 g/mol. The van der Waals surface area contributed by atoms with Gasteiger partial charge in [-0.15, -0.1) is 24.0 Å². The van der Waals surface area contributed by atoms with Crippen LogP contribution in [0.3, 0.4) is 0 Å². The minimum absolute atomic E-state index is 0. The van der Waals surface area contributed by atoms with Crippen molar-refractivity contribution in [2.24, 2.45) is 10.9 Å². The molecule has 1 atom stereocenters. The van der Waals surface area contributed by atoms with Crippen LogP contribution in [0.25, 0.3) is 0 Å². The number of aromatic nitrogens is 1. The number of nitrogens with zero attached hydrogens (tertiary/aromatic N) is 3. The number of guanidine groups is 1. The van der Waals surface area contributed by atoms with Crippen LogP contribution in [0.4, 0.5) is 5.82 Å². The summed E-state index contributed by atoms with van der Waals surface area (Å²) < 4.78 is 0. The molecule has 1 aromatic rings. The summed E-state index contributed by atoms with van der Waals surface area (Å²) in [6, 6.07) is 4.15. The molecular weight excluding hydrogens is 481 g/mol. The third-order valence-corrected chi connectivity index (χ3v) is 6.10. The van der Waals surface area contributed by atoms with E-state index in [0.717, 1.165) is 55.3 Å². The number of rotatable bonds is 5. The second kappa shape index (κ2) is 11.4. The lowest BCUT2D eigenvalue weighted by atomic mass is 10.0. The van der Waals surface area contributed by atoms with Crippen molar-refractivity contribution in [1.29, 1.82) is 0 Å². The molecule has 2 aliphatic heterocycles. The quantitative estimate of drug-likeness (QED) is 0.361. The monoisotopic (exact) mass is 509 g/mol. The number of nitrogens with one attached hydrogen (secondary N) is 2. The van der Waals surface area contributed by atoms with Crippen molar-refractivity contribution in [3.63, 3.8) is 0 Å². The van der Waals surface area contributed by atoms with Gasteiger partial charge in [-0.1, -0.05) is 11.6 Å². The molecule has 0 bridgehead atoms. The van der Waals surface area contributed by atoms with Crippen molar-refractivity contribution in [1.82, 2.24) is 15.6 Å². The van der Waals surface area contributed by atoms with E-state index in [1.165, 1.54) is 24.3 Å². The lowest BCUT2D eigenvalue weighted by Gasteiger charge is -2.22. The maximum Gasteiger partial charge on any atom is 0.191 e. The number of hydrogen-bond donors (Lipinski definition) is 2. The Bertz CT molecular complexity index is 582. The van der Waals surface area contributed by atoms with Crippen molar-refractivity contribution in [3.8, 4) is 0 Å². The summed E-state index contributed by atoms with van der Waals surface area (Å²) >= 11 is 8.35. The van der Waals surface area contributed by atoms with E-state index in [2.05, 4.69) is 39.2 Å². The first kappa shape index (κ1) is 21.9. The Hall–Kier alpha value is -0.410. The van der Waals surface area contributed by atoms with E-state index >= 15 is 0 Å². The van der Waals surface area contributed by atoms with Gasteiger partial charge in [0.1, 0.15) is 5.82 Å². The van der Waals surface area contributed by atoms with Gasteiger partial charge in [-0.25, -0.2) is 4.98 Å². The molecular formula is C18H29ClIN5S. The summed E-state index contributed by atoms with van der Waals surface area (Å²) in [5.74, 6) is 5.14. The fourth-order valence-corrected chi connectivity index (χ4v) is 4.79. The third kappa shape index (κ3) is 6.34. The van der Waals surface area contributed by atoms with Gasteiger partial charge in [0.2, 0.25) is 0 Å². The molecule has 146 valence electrons. The molecule has 0 aliphatic carbocycles. The summed E-state index contributed by atoms with van der Waals surface area (Å²) in [7, 11) is 0. The summed E-state index contributed by atoms with van der Waals surface area (Å²) in [6.07, 6.45) is 5.46. The zero-order chi connectivity index (χ0) is 17.5. The van der Waals surface area contributed by atoms with Gasteiger partial charge in [-0.2, -0.15) is 11.8 Å². The molecule has 0 spiro atoms. The van der Waals surface area contributed by atoms with Crippen LogP contribution in [0, 0.1) is 5.92 Å². The van der Waals surface area contributed by atoms with E-state index in [0.29, 0.717) is 6.04 Å². The Morgan fingerprint density at radius 3 is 2.92 bits per heavy atom. The maximum atomic E-state index is 6.28. The van der Waals surface area contributed by atoms with Gasteiger partial charge in [0.15, 0.2) is 5.96 Å². The van der Waals surface area contributed by atoms with Gasteiger partial charge < -0.3 is 15.5 Å². The fraction of sp³-hybridized carbons (Fsp3) is 0.667. The summed E-state index contributed by atoms with van der Waals surface area (Å²) in [5.41, 5.74) is 0. The standard InChI is InChI=1S/C18H28ClN5S.HI/c1-2-20-18(22-12-14-6-10-25-11-7-14)23-15-5-9-24(13-15)17-16(19)4-3-8-21-17;/h3-4,8,14-15H,2,5-7,9-13H2,1H3,(H2,20,22,23);1H. The number of halogens is 2. The number of anilines is 1. The Balaban J connectivity index is 0.00000243. The van der Waals surface area contributed by atoms with Gasteiger partial charge >= 0.3 is 0 Å². The SMILES string of the molecule is CCNC(=NCC1CCSCC1)NC1CCN(c2ncccc2Cl)C1.I. The number of hydrogen-bond acceptors (Lipinski definition) is 4. The molecule has 2 aliphatic rings. The molecule has 0 amide bonds. The van der Waals surface area contributed by atoms with Crippen LogP contribution >= 0.6 is 47.3 Å². The molecule has 26 heavy (non-hydrogen) atoms. The highest BCUT2D eigenvalue weighted by molar-refractivity contribution is 14.0. The van der Waals surface area contributed by atoms with Gasteiger partial charge in [0.25, 0.3) is 0 Å². The largest absolute Gasteiger partial charge is 0.357 e. The Labute approximate surface area is 183 Å². The normalized spacial score (nSPS) is 21.4. The van der Waals surface area contributed by atoms with Gasteiger partial charge in [0.05, 0.1) is 5.02 Å². The van der Waals surface area contributed by atoms with Gasteiger partial charge in [-0.05, 0) is 55.7 Å². The second-order valence-electron chi connectivity index (χ2n) is 6.66. The van der Waals surface area contributed by atoms with Crippen molar-refractivity contribution >= 4 is 59.1 Å². The molecule has 2 N–H and O–H groups in total. The van der Waals surface area contributed by atoms with Crippen LogP contribution in [0.1, 0.15) is 26.2 Å².